The van der Waals surface area contributed by atoms with Crippen LogP contribution in [-0.2, 0) is 0 Å². The van der Waals surface area contributed by atoms with Crippen LogP contribution in [0, 0.1) is 11.3 Å². The second-order valence-electron chi connectivity index (χ2n) is 5.51. The number of rotatable bonds is 2. The Morgan fingerprint density at radius 2 is 1.59 bits per heavy atom. The molecule has 1 heterocycles. The fourth-order valence-electron chi connectivity index (χ4n) is 2.74. The number of aliphatic imine (C=N–C) groups is 1. The normalized spacial score (nSPS) is 15.4. The molecule has 0 saturated carbocycles. The van der Waals surface area contributed by atoms with Crippen molar-refractivity contribution < 1.29 is 0 Å². The van der Waals surface area contributed by atoms with E-state index in [4.69, 9.17) is 10.3 Å². The maximum Gasteiger partial charge on any atom is 0.136 e. The first-order valence-electron chi connectivity index (χ1n) is 7.76. The predicted octanol–water partition coefficient (Wildman–Crippen LogP) is 4.12. The van der Waals surface area contributed by atoms with Gasteiger partial charge in [-0.15, -0.1) is 0 Å². The lowest BCUT2D eigenvalue weighted by atomic mass is 10.1. The molecule has 3 nitrogen and oxygen atoms in total. The number of hydrogen-bond donors (Lipinski definition) is 0. The van der Waals surface area contributed by atoms with E-state index in [2.05, 4.69) is 23.1 Å². The van der Waals surface area contributed by atoms with Crippen molar-refractivity contribution in [2.24, 2.45) is 4.99 Å². The molecule has 3 rings (SSSR count). The van der Waals surface area contributed by atoms with Crippen LogP contribution >= 0.6 is 0 Å². The molecular weight excluding hydrogens is 270 g/mol. The monoisotopic (exact) mass is 289 g/mol. The van der Waals surface area contributed by atoms with E-state index >= 15 is 0 Å². The molecule has 2 aromatic carbocycles. The zero-order chi connectivity index (χ0) is 15.2. The minimum absolute atomic E-state index is 0.665. The van der Waals surface area contributed by atoms with Crippen LogP contribution in [0.15, 0.2) is 59.6 Å². The van der Waals surface area contributed by atoms with Gasteiger partial charge in [-0.1, -0.05) is 30.3 Å². The molecule has 1 aliphatic heterocycles. The van der Waals surface area contributed by atoms with E-state index in [1.54, 1.807) is 0 Å². The molecule has 1 saturated heterocycles. The van der Waals surface area contributed by atoms with Crippen molar-refractivity contribution in [2.45, 2.75) is 19.3 Å². The quantitative estimate of drug-likeness (QED) is 0.616. The molecule has 0 aliphatic carbocycles. The third-order valence-corrected chi connectivity index (χ3v) is 3.92. The van der Waals surface area contributed by atoms with Crippen LogP contribution in [0.25, 0.3) is 0 Å². The lowest BCUT2D eigenvalue weighted by Gasteiger charge is -2.30. The summed E-state index contributed by atoms with van der Waals surface area (Å²) < 4.78 is 0. The third kappa shape index (κ3) is 3.35. The van der Waals surface area contributed by atoms with Gasteiger partial charge >= 0.3 is 0 Å². The topological polar surface area (TPSA) is 39.4 Å². The molecule has 0 amide bonds. The highest BCUT2D eigenvalue weighted by Gasteiger charge is 2.16. The molecule has 0 N–H and O–H groups in total. The van der Waals surface area contributed by atoms with Crippen molar-refractivity contribution in [1.82, 2.24) is 4.90 Å². The Bertz CT molecular complexity index is 675. The predicted molar refractivity (Wildman–Crippen MR) is 89.2 cm³/mol. The molecule has 0 bridgehead atoms. The summed E-state index contributed by atoms with van der Waals surface area (Å²) in [7, 11) is 0. The van der Waals surface area contributed by atoms with Crippen LogP contribution in [0.2, 0.25) is 0 Å². The third-order valence-electron chi connectivity index (χ3n) is 3.92. The second kappa shape index (κ2) is 6.91. The summed E-state index contributed by atoms with van der Waals surface area (Å²) in [5, 5.41) is 8.90. The van der Waals surface area contributed by atoms with Gasteiger partial charge in [0.15, 0.2) is 0 Å². The Morgan fingerprint density at radius 1 is 0.909 bits per heavy atom. The van der Waals surface area contributed by atoms with Crippen molar-refractivity contribution in [3.63, 3.8) is 0 Å². The summed E-state index contributed by atoms with van der Waals surface area (Å²) in [6, 6.07) is 19.9. The number of likely N-dealkylation sites (tertiary alicyclic amines) is 1. The van der Waals surface area contributed by atoms with E-state index < -0.39 is 0 Å². The van der Waals surface area contributed by atoms with Crippen LogP contribution < -0.4 is 0 Å². The molecule has 0 spiro atoms. The van der Waals surface area contributed by atoms with Gasteiger partial charge in [-0.05, 0) is 43.5 Å². The SMILES string of the molecule is N#Cc1ccc(N=C(c2ccccc2)N2CCCCC2)cc1. The highest BCUT2D eigenvalue weighted by molar-refractivity contribution is 6.00. The molecule has 2 aromatic rings. The highest BCUT2D eigenvalue weighted by atomic mass is 15.2. The maximum absolute atomic E-state index is 8.90. The average Bonchev–Trinajstić information content (AvgIpc) is 2.62. The molecule has 0 radical (unpaired) electrons. The van der Waals surface area contributed by atoms with Crippen molar-refractivity contribution in [2.75, 3.05) is 13.1 Å². The van der Waals surface area contributed by atoms with Gasteiger partial charge in [0.25, 0.3) is 0 Å². The van der Waals surface area contributed by atoms with E-state index in [1.807, 2.05) is 42.5 Å². The van der Waals surface area contributed by atoms with E-state index in [9.17, 15) is 0 Å². The van der Waals surface area contributed by atoms with Crippen molar-refractivity contribution in [3.8, 4) is 6.07 Å². The minimum Gasteiger partial charge on any atom is -0.356 e. The first kappa shape index (κ1) is 14.3. The number of nitrogens with zero attached hydrogens (tertiary/aromatic N) is 3. The van der Waals surface area contributed by atoms with Crippen LogP contribution in [0.5, 0.6) is 0 Å². The van der Waals surface area contributed by atoms with Crippen LogP contribution in [0.4, 0.5) is 5.69 Å². The largest absolute Gasteiger partial charge is 0.356 e. The fraction of sp³-hybridized carbons (Fsp3) is 0.263. The van der Waals surface area contributed by atoms with Gasteiger partial charge < -0.3 is 4.90 Å². The number of amidine groups is 1. The van der Waals surface area contributed by atoms with Gasteiger partial charge in [-0.25, -0.2) is 4.99 Å². The first-order valence-corrected chi connectivity index (χ1v) is 7.76. The number of piperidine rings is 1. The van der Waals surface area contributed by atoms with Crippen LogP contribution in [-0.4, -0.2) is 23.8 Å². The summed E-state index contributed by atoms with van der Waals surface area (Å²) in [5.74, 6) is 1.03. The zero-order valence-electron chi connectivity index (χ0n) is 12.6. The summed E-state index contributed by atoms with van der Waals surface area (Å²) in [6.07, 6.45) is 3.74. The minimum atomic E-state index is 0.665. The first-order chi connectivity index (χ1) is 10.9. The lowest BCUT2D eigenvalue weighted by Crippen LogP contribution is -2.36. The average molecular weight is 289 g/mol. The summed E-state index contributed by atoms with van der Waals surface area (Å²) in [5.41, 5.74) is 2.70. The molecule has 1 fully saturated rings. The maximum atomic E-state index is 8.90. The van der Waals surface area contributed by atoms with E-state index in [-0.39, 0.29) is 0 Å². The number of hydrogen-bond acceptors (Lipinski definition) is 2. The van der Waals surface area contributed by atoms with Gasteiger partial charge in [-0.3, -0.25) is 0 Å². The van der Waals surface area contributed by atoms with E-state index in [0.29, 0.717) is 5.56 Å². The van der Waals surface area contributed by atoms with Gasteiger partial charge in [0.2, 0.25) is 0 Å². The standard InChI is InChI=1S/C19H19N3/c20-15-16-9-11-18(12-10-16)21-19(17-7-3-1-4-8-17)22-13-5-2-6-14-22/h1,3-4,7-12H,2,5-6,13-14H2. The van der Waals surface area contributed by atoms with Gasteiger partial charge in [0, 0.05) is 18.7 Å². The smallest absolute Gasteiger partial charge is 0.136 e. The van der Waals surface area contributed by atoms with Crippen LogP contribution in [0.3, 0.4) is 0 Å². The van der Waals surface area contributed by atoms with Crippen molar-refractivity contribution in [1.29, 1.82) is 5.26 Å². The Balaban J connectivity index is 1.96. The van der Waals surface area contributed by atoms with Gasteiger partial charge in [0.1, 0.15) is 5.84 Å². The summed E-state index contributed by atoms with van der Waals surface area (Å²) >= 11 is 0. The molecule has 22 heavy (non-hydrogen) atoms. The highest BCUT2D eigenvalue weighted by Crippen LogP contribution is 2.19. The molecular formula is C19H19N3. The second-order valence-corrected chi connectivity index (χ2v) is 5.51. The van der Waals surface area contributed by atoms with E-state index in [1.165, 1.54) is 19.3 Å². The molecule has 0 aromatic heterocycles. The molecule has 0 unspecified atom stereocenters. The van der Waals surface area contributed by atoms with Crippen LogP contribution in [0.1, 0.15) is 30.4 Å². The van der Waals surface area contributed by atoms with Gasteiger partial charge in [0.05, 0.1) is 17.3 Å². The zero-order valence-corrected chi connectivity index (χ0v) is 12.6. The number of nitriles is 1. The van der Waals surface area contributed by atoms with Gasteiger partial charge in [-0.2, -0.15) is 5.26 Å². The lowest BCUT2D eigenvalue weighted by molar-refractivity contribution is 0.343. The Kier molecular flexibility index (Phi) is 4.50. The fourth-order valence-corrected chi connectivity index (χ4v) is 2.74. The molecule has 110 valence electrons. The molecule has 1 aliphatic rings. The number of benzene rings is 2. The van der Waals surface area contributed by atoms with E-state index in [0.717, 1.165) is 30.2 Å². The van der Waals surface area contributed by atoms with Crippen molar-refractivity contribution >= 4 is 11.5 Å². The molecule has 0 atom stereocenters. The summed E-state index contributed by atoms with van der Waals surface area (Å²) in [4.78, 5) is 7.23. The Hall–Kier alpha value is -2.60. The molecule has 3 heteroatoms. The Morgan fingerprint density at radius 3 is 2.23 bits per heavy atom. The summed E-state index contributed by atoms with van der Waals surface area (Å²) in [6.45, 7) is 2.12. The Labute approximate surface area is 131 Å². The van der Waals surface area contributed by atoms with Crippen molar-refractivity contribution in [3.05, 3.63) is 65.7 Å².